The first-order valence-electron chi connectivity index (χ1n) is 4.45. The SMILES string of the molecule is COc1cccc(C=CC(F)(F)F)c1OC. The molecule has 16 heavy (non-hydrogen) atoms. The number of benzene rings is 1. The molecule has 0 heterocycles. The Morgan fingerprint density at radius 2 is 1.81 bits per heavy atom. The van der Waals surface area contributed by atoms with E-state index in [4.69, 9.17) is 9.47 Å². The van der Waals surface area contributed by atoms with Crippen LogP contribution >= 0.6 is 0 Å². The number of hydrogen-bond acceptors (Lipinski definition) is 2. The molecule has 0 saturated carbocycles. The Balaban J connectivity index is 3.09. The quantitative estimate of drug-likeness (QED) is 0.796. The second-order valence-electron chi connectivity index (χ2n) is 2.96. The molecule has 0 N–H and O–H groups in total. The summed E-state index contributed by atoms with van der Waals surface area (Å²) in [6.45, 7) is 0. The summed E-state index contributed by atoms with van der Waals surface area (Å²) in [5.74, 6) is 0.678. The van der Waals surface area contributed by atoms with Gasteiger partial charge in [-0.05, 0) is 12.1 Å². The van der Waals surface area contributed by atoms with Crippen molar-refractivity contribution in [3.63, 3.8) is 0 Å². The van der Waals surface area contributed by atoms with E-state index in [1.165, 1.54) is 20.3 Å². The van der Waals surface area contributed by atoms with Crippen molar-refractivity contribution in [2.45, 2.75) is 6.18 Å². The topological polar surface area (TPSA) is 18.5 Å². The Labute approximate surface area is 91.3 Å². The second kappa shape index (κ2) is 4.92. The zero-order valence-corrected chi connectivity index (χ0v) is 8.84. The summed E-state index contributed by atoms with van der Waals surface area (Å²) in [7, 11) is 2.80. The van der Waals surface area contributed by atoms with Gasteiger partial charge in [-0.2, -0.15) is 13.2 Å². The van der Waals surface area contributed by atoms with Gasteiger partial charge in [0.25, 0.3) is 0 Å². The van der Waals surface area contributed by atoms with Crippen molar-refractivity contribution in [1.82, 2.24) is 0 Å². The zero-order chi connectivity index (χ0) is 12.2. The van der Waals surface area contributed by atoms with Crippen molar-refractivity contribution in [1.29, 1.82) is 0 Å². The molecular weight excluding hydrogens is 221 g/mol. The van der Waals surface area contributed by atoms with Gasteiger partial charge in [0.05, 0.1) is 14.2 Å². The molecule has 5 heteroatoms. The summed E-state index contributed by atoms with van der Waals surface area (Å²) >= 11 is 0. The predicted molar refractivity (Wildman–Crippen MR) is 54.6 cm³/mol. The fourth-order valence-corrected chi connectivity index (χ4v) is 1.23. The highest BCUT2D eigenvalue weighted by Crippen LogP contribution is 2.32. The highest BCUT2D eigenvalue weighted by Gasteiger charge is 2.22. The minimum absolute atomic E-state index is 0.157. The van der Waals surface area contributed by atoms with Gasteiger partial charge in [-0.1, -0.05) is 12.1 Å². The summed E-state index contributed by atoms with van der Waals surface area (Å²) in [6.07, 6.45) is -3.24. The molecule has 88 valence electrons. The van der Waals surface area contributed by atoms with E-state index in [0.29, 0.717) is 11.3 Å². The fourth-order valence-electron chi connectivity index (χ4n) is 1.23. The molecule has 0 saturated heterocycles. The van der Waals surface area contributed by atoms with E-state index < -0.39 is 6.18 Å². The molecule has 1 aromatic rings. The molecule has 1 rings (SSSR count). The van der Waals surface area contributed by atoms with E-state index in [1.54, 1.807) is 12.1 Å². The standard InChI is InChI=1S/C11H11F3O2/c1-15-9-5-3-4-8(10(9)16-2)6-7-11(12,13)14/h3-7H,1-2H3. The van der Waals surface area contributed by atoms with Crippen molar-refractivity contribution < 1.29 is 22.6 Å². The number of hydrogen-bond donors (Lipinski definition) is 0. The molecule has 2 nitrogen and oxygen atoms in total. The molecule has 0 aliphatic rings. The number of para-hydroxylation sites is 1. The Hall–Kier alpha value is -1.65. The average molecular weight is 232 g/mol. The molecule has 1 aromatic carbocycles. The van der Waals surface area contributed by atoms with E-state index >= 15 is 0 Å². The van der Waals surface area contributed by atoms with E-state index in [0.717, 1.165) is 6.08 Å². The lowest BCUT2D eigenvalue weighted by molar-refractivity contribution is -0.0790. The van der Waals surface area contributed by atoms with Gasteiger partial charge in [0, 0.05) is 11.6 Å². The first-order valence-corrected chi connectivity index (χ1v) is 4.45. The van der Waals surface area contributed by atoms with Crippen LogP contribution in [0.25, 0.3) is 6.08 Å². The number of methoxy groups -OCH3 is 2. The number of alkyl halides is 3. The van der Waals surface area contributed by atoms with Gasteiger partial charge in [0.15, 0.2) is 11.5 Å². The lowest BCUT2D eigenvalue weighted by Gasteiger charge is -2.10. The largest absolute Gasteiger partial charge is 0.493 e. The lowest BCUT2D eigenvalue weighted by atomic mass is 10.1. The van der Waals surface area contributed by atoms with Gasteiger partial charge in [0.2, 0.25) is 0 Å². The van der Waals surface area contributed by atoms with Crippen molar-refractivity contribution >= 4 is 6.08 Å². The third-order valence-electron chi connectivity index (χ3n) is 1.89. The van der Waals surface area contributed by atoms with Gasteiger partial charge in [-0.25, -0.2) is 0 Å². The van der Waals surface area contributed by atoms with Crippen molar-refractivity contribution in [3.8, 4) is 11.5 Å². The van der Waals surface area contributed by atoms with Crippen LogP contribution in [0.15, 0.2) is 24.3 Å². The van der Waals surface area contributed by atoms with Crippen LogP contribution in [0.3, 0.4) is 0 Å². The second-order valence-corrected chi connectivity index (χ2v) is 2.96. The molecule has 0 amide bonds. The van der Waals surface area contributed by atoms with Crippen LogP contribution in [0, 0.1) is 0 Å². The maximum atomic E-state index is 12.0. The molecule has 0 fully saturated rings. The highest BCUT2D eigenvalue weighted by molar-refractivity contribution is 5.62. The third-order valence-corrected chi connectivity index (χ3v) is 1.89. The Morgan fingerprint density at radius 1 is 1.12 bits per heavy atom. The summed E-state index contributed by atoms with van der Waals surface area (Å²) in [5, 5.41) is 0. The van der Waals surface area contributed by atoms with Gasteiger partial charge in [-0.3, -0.25) is 0 Å². The molecule has 0 spiro atoms. The van der Waals surface area contributed by atoms with E-state index in [9.17, 15) is 13.2 Å². The molecule has 0 radical (unpaired) electrons. The summed E-state index contributed by atoms with van der Waals surface area (Å²) < 4.78 is 46.0. The Morgan fingerprint density at radius 3 is 2.31 bits per heavy atom. The van der Waals surface area contributed by atoms with Gasteiger partial charge < -0.3 is 9.47 Å². The van der Waals surface area contributed by atoms with E-state index in [2.05, 4.69) is 0 Å². The molecule has 0 aliphatic carbocycles. The van der Waals surface area contributed by atoms with Crippen LogP contribution in [0.5, 0.6) is 11.5 Å². The molecule has 0 unspecified atom stereocenters. The summed E-state index contributed by atoms with van der Waals surface area (Å²) in [5.41, 5.74) is 0.319. The average Bonchev–Trinajstić information content (AvgIpc) is 2.24. The normalized spacial score (nSPS) is 11.8. The molecule has 0 aromatic heterocycles. The van der Waals surface area contributed by atoms with Crippen molar-refractivity contribution in [3.05, 3.63) is 29.8 Å². The first-order chi connectivity index (χ1) is 7.48. The van der Waals surface area contributed by atoms with Gasteiger partial charge >= 0.3 is 6.18 Å². The third kappa shape index (κ3) is 3.18. The maximum absolute atomic E-state index is 12.0. The van der Waals surface area contributed by atoms with E-state index in [-0.39, 0.29) is 11.8 Å². The minimum atomic E-state index is -4.34. The van der Waals surface area contributed by atoms with Crippen molar-refractivity contribution in [2.24, 2.45) is 0 Å². The Bertz CT molecular complexity index is 383. The van der Waals surface area contributed by atoms with Gasteiger partial charge in [0.1, 0.15) is 0 Å². The van der Waals surface area contributed by atoms with Crippen LogP contribution in [0.1, 0.15) is 5.56 Å². The number of halogens is 3. The molecule has 0 aliphatic heterocycles. The highest BCUT2D eigenvalue weighted by atomic mass is 19.4. The van der Waals surface area contributed by atoms with Crippen LogP contribution in [-0.4, -0.2) is 20.4 Å². The van der Waals surface area contributed by atoms with Crippen LogP contribution in [0.4, 0.5) is 13.2 Å². The summed E-state index contributed by atoms with van der Waals surface area (Å²) in [6, 6.07) is 4.73. The molecular formula is C11H11F3O2. The first kappa shape index (κ1) is 12.4. The van der Waals surface area contributed by atoms with Crippen LogP contribution < -0.4 is 9.47 Å². The molecule has 0 bridgehead atoms. The van der Waals surface area contributed by atoms with Crippen LogP contribution in [0.2, 0.25) is 0 Å². The Kier molecular flexibility index (Phi) is 3.82. The van der Waals surface area contributed by atoms with E-state index in [1.807, 2.05) is 0 Å². The summed E-state index contributed by atoms with van der Waals surface area (Å²) in [4.78, 5) is 0. The predicted octanol–water partition coefficient (Wildman–Crippen LogP) is 3.28. The van der Waals surface area contributed by atoms with Crippen molar-refractivity contribution in [2.75, 3.05) is 14.2 Å². The fraction of sp³-hybridized carbons (Fsp3) is 0.273. The zero-order valence-electron chi connectivity index (χ0n) is 8.84. The lowest BCUT2D eigenvalue weighted by Crippen LogP contribution is -2.00. The number of ether oxygens (including phenoxy) is 2. The monoisotopic (exact) mass is 232 g/mol. The molecule has 0 atom stereocenters. The number of allylic oxidation sites excluding steroid dienone is 1. The van der Waals surface area contributed by atoms with Crippen LogP contribution in [-0.2, 0) is 0 Å². The van der Waals surface area contributed by atoms with Gasteiger partial charge in [-0.15, -0.1) is 0 Å². The maximum Gasteiger partial charge on any atom is 0.409 e. The smallest absolute Gasteiger partial charge is 0.409 e. The number of rotatable bonds is 3. The minimum Gasteiger partial charge on any atom is -0.493 e.